The molecule has 0 radical (unpaired) electrons. The number of aryl methyl sites for hydroxylation is 2. The Kier molecular flexibility index (Phi) is 7.09. The molecule has 180 valence electrons. The summed E-state index contributed by atoms with van der Waals surface area (Å²) in [5.74, 6) is 3.05. The van der Waals surface area contributed by atoms with Crippen molar-refractivity contribution in [3.05, 3.63) is 12.2 Å². The van der Waals surface area contributed by atoms with Crippen LogP contribution in [0.1, 0.15) is 64.1 Å². The van der Waals surface area contributed by atoms with Crippen LogP contribution in [-0.2, 0) is 17.8 Å². The second kappa shape index (κ2) is 10.4. The van der Waals surface area contributed by atoms with Gasteiger partial charge in [0.1, 0.15) is 12.2 Å². The Hall–Kier alpha value is -2.22. The van der Waals surface area contributed by atoms with Crippen LogP contribution in [0, 0.1) is 11.8 Å². The van der Waals surface area contributed by atoms with E-state index in [2.05, 4.69) is 36.6 Å². The minimum atomic E-state index is 0.0132. The molecule has 2 aromatic rings. The first-order valence-electron chi connectivity index (χ1n) is 13.1. The number of rotatable bonds is 6. The number of aromatic nitrogens is 4. The molecule has 5 rings (SSSR count). The molecule has 0 unspecified atom stereocenters. The summed E-state index contributed by atoms with van der Waals surface area (Å²) in [6.07, 6.45) is 11.9. The van der Waals surface area contributed by atoms with E-state index in [4.69, 9.17) is 4.98 Å². The topological polar surface area (TPSA) is 79.2 Å². The lowest BCUT2D eigenvalue weighted by molar-refractivity contribution is -0.125. The molecule has 33 heavy (non-hydrogen) atoms. The maximum absolute atomic E-state index is 12.9. The summed E-state index contributed by atoms with van der Waals surface area (Å²) in [7, 11) is 0. The minimum Gasteiger partial charge on any atom is -0.356 e. The van der Waals surface area contributed by atoms with Crippen LogP contribution in [0.15, 0.2) is 6.33 Å². The van der Waals surface area contributed by atoms with Crippen LogP contribution in [0.3, 0.4) is 0 Å². The number of likely N-dealkylation sites (tertiary alicyclic amines) is 1. The fraction of sp³-hybridized carbons (Fsp3) is 0.760. The Balaban J connectivity index is 1.18. The summed E-state index contributed by atoms with van der Waals surface area (Å²) in [6, 6.07) is 0. The van der Waals surface area contributed by atoms with Crippen molar-refractivity contribution >= 4 is 22.9 Å². The predicted molar refractivity (Wildman–Crippen MR) is 130 cm³/mol. The van der Waals surface area contributed by atoms with Gasteiger partial charge in [0.2, 0.25) is 5.91 Å². The molecule has 2 fully saturated rings. The van der Waals surface area contributed by atoms with Gasteiger partial charge in [-0.2, -0.15) is 0 Å². The van der Waals surface area contributed by atoms with Gasteiger partial charge in [-0.15, -0.1) is 0 Å². The molecule has 5 heterocycles. The van der Waals surface area contributed by atoms with E-state index in [1.165, 1.54) is 45.2 Å². The van der Waals surface area contributed by atoms with Gasteiger partial charge in [-0.25, -0.2) is 15.0 Å². The third-order valence-corrected chi connectivity index (χ3v) is 7.66. The number of anilines is 1. The van der Waals surface area contributed by atoms with E-state index in [0.29, 0.717) is 6.54 Å². The Labute approximate surface area is 197 Å². The largest absolute Gasteiger partial charge is 0.356 e. The van der Waals surface area contributed by atoms with E-state index < -0.39 is 0 Å². The van der Waals surface area contributed by atoms with Crippen molar-refractivity contribution in [1.29, 1.82) is 0 Å². The number of hydrogen-bond acceptors (Lipinski definition) is 6. The fourth-order valence-corrected chi connectivity index (χ4v) is 5.89. The number of imidazole rings is 1. The highest BCUT2D eigenvalue weighted by Crippen LogP contribution is 2.29. The normalized spacial score (nSPS) is 24.5. The summed E-state index contributed by atoms with van der Waals surface area (Å²) in [4.78, 5) is 31.9. The third-order valence-electron chi connectivity index (χ3n) is 7.66. The highest BCUT2D eigenvalue weighted by Gasteiger charge is 2.29. The molecule has 0 aromatic carbocycles. The predicted octanol–water partition coefficient (Wildman–Crippen LogP) is 3.01. The quantitative estimate of drug-likeness (QED) is 0.678. The van der Waals surface area contributed by atoms with Crippen molar-refractivity contribution in [2.45, 2.75) is 71.3 Å². The van der Waals surface area contributed by atoms with E-state index in [1.807, 2.05) is 0 Å². The molecule has 0 saturated carbocycles. The fourth-order valence-electron chi connectivity index (χ4n) is 5.89. The maximum atomic E-state index is 12.9. The number of amides is 1. The molecule has 2 atom stereocenters. The second-order valence-corrected chi connectivity index (χ2v) is 10.3. The van der Waals surface area contributed by atoms with Crippen molar-refractivity contribution in [2.75, 3.05) is 44.2 Å². The average molecular weight is 454 g/mol. The Morgan fingerprint density at radius 1 is 1.06 bits per heavy atom. The van der Waals surface area contributed by atoms with E-state index >= 15 is 0 Å². The molecule has 3 aliphatic heterocycles. The number of fused-ring (bicyclic) bond motifs is 3. The lowest BCUT2D eigenvalue weighted by Crippen LogP contribution is -2.44. The van der Waals surface area contributed by atoms with Crippen LogP contribution < -0.4 is 10.2 Å². The molecule has 8 nitrogen and oxygen atoms in total. The Morgan fingerprint density at radius 2 is 1.97 bits per heavy atom. The van der Waals surface area contributed by atoms with E-state index in [-0.39, 0.29) is 11.8 Å². The van der Waals surface area contributed by atoms with Crippen LogP contribution in [0.2, 0.25) is 0 Å². The number of hydrogen-bond donors (Lipinski definition) is 1. The summed E-state index contributed by atoms with van der Waals surface area (Å²) in [5, 5.41) is 3.21. The van der Waals surface area contributed by atoms with Gasteiger partial charge in [-0.1, -0.05) is 13.3 Å². The molecular weight excluding hydrogens is 414 g/mol. The first-order valence-corrected chi connectivity index (χ1v) is 13.1. The summed E-state index contributed by atoms with van der Waals surface area (Å²) in [5.41, 5.74) is 1.86. The van der Waals surface area contributed by atoms with Gasteiger partial charge in [0, 0.05) is 39.1 Å². The molecule has 2 aromatic heterocycles. The number of carbonyl (C=O) groups is 1. The van der Waals surface area contributed by atoms with Crippen LogP contribution in [0.4, 0.5) is 5.82 Å². The van der Waals surface area contributed by atoms with Gasteiger partial charge >= 0.3 is 0 Å². The molecule has 8 heteroatoms. The smallest absolute Gasteiger partial charge is 0.224 e. The van der Waals surface area contributed by atoms with Gasteiger partial charge in [-0.05, 0) is 64.0 Å². The number of piperidine rings is 2. The molecule has 0 bridgehead atoms. The maximum Gasteiger partial charge on any atom is 0.224 e. The monoisotopic (exact) mass is 453 g/mol. The minimum absolute atomic E-state index is 0.0132. The lowest BCUT2D eigenvalue weighted by Gasteiger charge is -2.33. The molecule has 0 spiro atoms. The highest BCUT2D eigenvalue weighted by molar-refractivity contribution is 5.85. The Morgan fingerprint density at radius 3 is 2.88 bits per heavy atom. The van der Waals surface area contributed by atoms with Gasteiger partial charge in [-0.3, -0.25) is 4.79 Å². The van der Waals surface area contributed by atoms with Crippen molar-refractivity contribution in [3.63, 3.8) is 0 Å². The Bertz CT molecular complexity index is 958. The molecule has 1 amide bonds. The molecule has 2 saturated heterocycles. The van der Waals surface area contributed by atoms with E-state index in [0.717, 1.165) is 80.6 Å². The van der Waals surface area contributed by atoms with E-state index in [9.17, 15) is 4.79 Å². The third kappa shape index (κ3) is 5.15. The first-order chi connectivity index (χ1) is 16.2. The van der Waals surface area contributed by atoms with Crippen molar-refractivity contribution in [3.8, 4) is 0 Å². The van der Waals surface area contributed by atoms with Crippen LogP contribution in [0.5, 0.6) is 0 Å². The zero-order valence-corrected chi connectivity index (χ0v) is 20.1. The van der Waals surface area contributed by atoms with Gasteiger partial charge in [0.25, 0.3) is 0 Å². The summed E-state index contributed by atoms with van der Waals surface area (Å²) >= 11 is 0. The molecule has 0 aliphatic carbocycles. The van der Waals surface area contributed by atoms with Crippen LogP contribution in [0.25, 0.3) is 11.2 Å². The summed E-state index contributed by atoms with van der Waals surface area (Å²) in [6.45, 7) is 9.24. The number of nitrogens with one attached hydrogen (secondary N) is 1. The highest BCUT2D eigenvalue weighted by atomic mass is 16.1. The SMILES string of the molecule is C[C@H]1CCCN(CCCNC(=O)[C@H]2CCCN(c3ncnc4c3nc3n4CCCCC3)C2)C1. The van der Waals surface area contributed by atoms with Gasteiger partial charge < -0.3 is 19.7 Å². The van der Waals surface area contributed by atoms with Crippen LogP contribution in [-0.4, -0.2) is 69.6 Å². The molecule has 3 aliphatic rings. The van der Waals surface area contributed by atoms with Crippen molar-refractivity contribution < 1.29 is 4.79 Å². The zero-order valence-electron chi connectivity index (χ0n) is 20.1. The summed E-state index contributed by atoms with van der Waals surface area (Å²) < 4.78 is 2.28. The average Bonchev–Trinajstić information content (AvgIpc) is 3.02. The van der Waals surface area contributed by atoms with Crippen molar-refractivity contribution in [2.24, 2.45) is 11.8 Å². The zero-order chi connectivity index (χ0) is 22.6. The van der Waals surface area contributed by atoms with Crippen molar-refractivity contribution in [1.82, 2.24) is 29.7 Å². The lowest BCUT2D eigenvalue weighted by atomic mass is 9.97. The van der Waals surface area contributed by atoms with E-state index in [1.54, 1.807) is 6.33 Å². The number of carbonyl (C=O) groups excluding carboxylic acids is 1. The molecule has 1 N–H and O–H groups in total. The number of nitrogens with zero attached hydrogens (tertiary/aromatic N) is 6. The molecular formula is C25H39N7O. The standard InChI is InChI=1S/C25H39N7O/c1-19-8-5-12-30(16-19)13-7-11-26-25(33)20-9-6-14-31(17-20)23-22-24(28-18-27-23)32-15-4-2-3-10-21(32)29-22/h18-20H,2-17H2,1H3,(H,26,33)/t19-,20-/m0/s1. The first kappa shape index (κ1) is 22.6. The van der Waals surface area contributed by atoms with Gasteiger partial charge in [0.15, 0.2) is 17.0 Å². The van der Waals surface area contributed by atoms with Crippen LogP contribution >= 0.6 is 0 Å². The second-order valence-electron chi connectivity index (χ2n) is 10.3. The van der Waals surface area contributed by atoms with Gasteiger partial charge in [0.05, 0.1) is 5.92 Å².